The van der Waals surface area contributed by atoms with Crippen LogP contribution >= 0.6 is 11.6 Å². The van der Waals surface area contributed by atoms with Crippen LogP contribution < -0.4 is 14.8 Å². The minimum atomic E-state index is 0.160. The van der Waals surface area contributed by atoms with Crippen LogP contribution in [0.5, 0.6) is 11.5 Å². The number of aromatic nitrogens is 1. The van der Waals surface area contributed by atoms with Gasteiger partial charge in [-0.05, 0) is 24.6 Å². The van der Waals surface area contributed by atoms with Crippen LogP contribution in [0.2, 0.25) is 5.02 Å². The summed E-state index contributed by atoms with van der Waals surface area (Å²) in [6.07, 6.45) is 4.38. The van der Waals surface area contributed by atoms with Crippen LogP contribution in [0.4, 0.5) is 0 Å². The summed E-state index contributed by atoms with van der Waals surface area (Å²) in [5.74, 6) is 1.13. The number of halogens is 1. The lowest BCUT2D eigenvalue weighted by molar-refractivity contribution is -0.706. The van der Waals surface area contributed by atoms with Crippen LogP contribution in [-0.2, 0) is 13.2 Å². The summed E-state index contributed by atoms with van der Waals surface area (Å²) in [6.45, 7) is 3.31. The summed E-state index contributed by atoms with van der Waals surface area (Å²) in [7, 11) is 1.60. The van der Waals surface area contributed by atoms with Crippen molar-refractivity contribution in [1.82, 2.24) is 4.98 Å². The third kappa shape index (κ3) is 5.09. The fraction of sp³-hybridized carbons (Fsp3) is 0.389. The molecule has 2 rings (SSSR count). The number of hydrogen-bond acceptors (Lipinski definition) is 4. The topological polar surface area (TPSA) is 68.2 Å². The number of pyridine rings is 1. The van der Waals surface area contributed by atoms with E-state index in [0.29, 0.717) is 23.1 Å². The van der Waals surface area contributed by atoms with E-state index < -0.39 is 0 Å². The molecule has 1 aromatic carbocycles. The van der Waals surface area contributed by atoms with Crippen LogP contribution in [0, 0.1) is 0 Å². The second-order valence-electron chi connectivity index (χ2n) is 5.55. The molecule has 130 valence electrons. The molecule has 6 heteroatoms. The number of ether oxygens (including phenoxy) is 2. The summed E-state index contributed by atoms with van der Waals surface area (Å²) in [4.78, 5) is 4.06. The average molecular weight is 352 g/mol. The van der Waals surface area contributed by atoms with Crippen molar-refractivity contribution in [1.29, 1.82) is 0 Å². The largest absolute Gasteiger partial charge is 0.493 e. The molecule has 5 nitrogen and oxygen atoms in total. The number of nitrogens with two attached hydrogens (primary N) is 1. The second kappa shape index (κ2) is 9.47. The lowest BCUT2D eigenvalue weighted by Crippen LogP contribution is -2.89. The van der Waals surface area contributed by atoms with E-state index >= 15 is 0 Å². The number of quaternary nitrogens is 1. The molecule has 3 N–H and O–H groups in total. The number of nitrogens with zero attached hydrogens (tertiary/aromatic N) is 1. The van der Waals surface area contributed by atoms with Gasteiger partial charge in [0.2, 0.25) is 0 Å². The molecule has 0 amide bonds. The third-order valence-electron chi connectivity index (χ3n) is 3.84. The molecular formula is C18H24ClN2O3+. The van der Waals surface area contributed by atoms with E-state index in [9.17, 15) is 5.11 Å². The van der Waals surface area contributed by atoms with Crippen molar-refractivity contribution in [2.75, 3.05) is 13.7 Å². The highest BCUT2D eigenvalue weighted by molar-refractivity contribution is 6.32. The first-order valence-corrected chi connectivity index (χ1v) is 8.38. The summed E-state index contributed by atoms with van der Waals surface area (Å²) in [5.41, 5.74) is 1.99. The number of hydrogen-bond donors (Lipinski definition) is 2. The zero-order chi connectivity index (χ0) is 17.4. The van der Waals surface area contributed by atoms with Gasteiger partial charge in [-0.3, -0.25) is 4.98 Å². The molecule has 1 heterocycles. The monoisotopic (exact) mass is 351 g/mol. The summed E-state index contributed by atoms with van der Waals surface area (Å²) < 4.78 is 11.2. The Morgan fingerprint density at radius 1 is 1.33 bits per heavy atom. The van der Waals surface area contributed by atoms with E-state index in [4.69, 9.17) is 21.1 Å². The van der Waals surface area contributed by atoms with Gasteiger partial charge in [-0.2, -0.15) is 0 Å². The van der Waals surface area contributed by atoms with Crippen molar-refractivity contribution in [3.05, 3.63) is 52.8 Å². The molecule has 24 heavy (non-hydrogen) atoms. The first-order chi connectivity index (χ1) is 11.7. The SMILES string of the molecule is CC[C@H](CO)[NH2+]Cc1cc(Cl)c(OCc2cccnc2)c(OC)c1. The molecule has 0 fully saturated rings. The lowest BCUT2D eigenvalue weighted by Gasteiger charge is -2.15. The predicted octanol–water partition coefficient (Wildman–Crippen LogP) is 2.16. The molecule has 0 saturated heterocycles. The van der Waals surface area contributed by atoms with Gasteiger partial charge in [0, 0.05) is 23.5 Å². The third-order valence-corrected chi connectivity index (χ3v) is 4.12. The number of methoxy groups -OCH3 is 1. The predicted molar refractivity (Wildman–Crippen MR) is 93.4 cm³/mol. The normalized spacial score (nSPS) is 12.0. The Morgan fingerprint density at radius 2 is 2.17 bits per heavy atom. The maximum atomic E-state index is 9.27. The van der Waals surface area contributed by atoms with Gasteiger partial charge in [-0.25, -0.2) is 0 Å². The standard InChI is InChI=1S/C18H23ClN2O3/c1-3-15(11-22)21-10-14-7-16(19)18(17(8-14)23-2)24-12-13-5-4-6-20-9-13/h4-9,15,21-22H,3,10-12H2,1-2H3/p+1/t15-/m1/s1. The van der Waals surface area contributed by atoms with Gasteiger partial charge in [0.25, 0.3) is 0 Å². The average Bonchev–Trinajstić information content (AvgIpc) is 2.62. The fourth-order valence-corrected chi connectivity index (χ4v) is 2.63. The van der Waals surface area contributed by atoms with Crippen LogP contribution in [0.3, 0.4) is 0 Å². The number of aliphatic hydroxyl groups is 1. The first-order valence-electron chi connectivity index (χ1n) is 8.00. The Bertz CT molecular complexity index is 634. The molecule has 1 aromatic heterocycles. The van der Waals surface area contributed by atoms with Crippen molar-refractivity contribution in [3.63, 3.8) is 0 Å². The second-order valence-corrected chi connectivity index (χ2v) is 5.96. The van der Waals surface area contributed by atoms with Gasteiger partial charge in [0.1, 0.15) is 19.2 Å². The number of aliphatic hydroxyl groups excluding tert-OH is 1. The van der Waals surface area contributed by atoms with E-state index in [1.54, 1.807) is 19.5 Å². The van der Waals surface area contributed by atoms with Gasteiger partial charge in [0.15, 0.2) is 11.5 Å². The molecule has 0 unspecified atom stereocenters. The van der Waals surface area contributed by atoms with Gasteiger partial charge in [-0.1, -0.05) is 24.6 Å². The van der Waals surface area contributed by atoms with Crippen LogP contribution in [0.25, 0.3) is 0 Å². The van der Waals surface area contributed by atoms with Crippen molar-refractivity contribution < 1.29 is 19.9 Å². The number of benzene rings is 1. The highest BCUT2D eigenvalue weighted by Crippen LogP contribution is 2.36. The van der Waals surface area contributed by atoms with Crippen LogP contribution in [-0.4, -0.2) is 29.8 Å². The van der Waals surface area contributed by atoms with Crippen LogP contribution in [0.1, 0.15) is 24.5 Å². The molecule has 0 aliphatic rings. The molecular weight excluding hydrogens is 328 g/mol. The van der Waals surface area contributed by atoms with Gasteiger partial charge < -0.3 is 19.9 Å². The molecule has 0 aliphatic heterocycles. The molecule has 0 radical (unpaired) electrons. The van der Waals surface area contributed by atoms with Crippen molar-refractivity contribution >= 4 is 11.6 Å². The fourth-order valence-electron chi connectivity index (χ4n) is 2.34. The van der Waals surface area contributed by atoms with Gasteiger partial charge in [-0.15, -0.1) is 0 Å². The molecule has 0 saturated carbocycles. The zero-order valence-electron chi connectivity index (χ0n) is 14.0. The van der Waals surface area contributed by atoms with Gasteiger partial charge in [0.05, 0.1) is 18.7 Å². The highest BCUT2D eigenvalue weighted by atomic mass is 35.5. The quantitative estimate of drug-likeness (QED) is 0.726. The summed E-state index contributed by atoms with van der Waals surface area (Å²) >= 11 is 6.38. The smallest absolute Gasteiger partial charge is 0.180 e. The van der Waals surface area contributed by atoms with E-state index in [1.807, 2.05) is 24.3 Å². The Balaban J connectivity index is 2.09. The summed E-state index contributed by atoms with van der Waals surface area (Å²) in [5, 5.41) is 11.9. The zero-order valence-corrected chi connectivity index (χ0v) is 14.8. The molecule has 0 bridgehead atoms. The maximum Gasteiger partial charge on any atom is 0.180 e. The highest BCUT2D eigenvalue weighted by Gasteiger charge is 2.14. The van der Waals surface area contributed by atoms with Gasteiger partial charge >= 0.3 is 0 Å². The van der Waals surface area contributed by atoms with E-state index in [2.05, 4.69) is 17.2 Å². The molecule has 0 aliphatic carbocycles. The Labute approximate surface area is 147 Å². The Kier molecular flexibility index (Phi) is 7.31. The molecule has 2 aromatic rings. The van der Waals surface area contributed by atoms with E-state index in [-0.39, 0.29) is 12.6 Å². The van der Waals surface area contributed by atoms with Crippen molar-refractivity contribution in [2.45, 2.75) is 32.5 Å². The Morgan fingerprint density at radius 3 is 2.79 bits per heavy atom. The van der Waals surface area contributed by atoms with Crippen molar-refractivity contribution in [3.8, 4) is 11.5 Å². The minimum Gasteiger partial charge on any atom is -0.493 e. The number of rotatable bonds is 9. The minimum absolute atomic E-state index is 0.160. The van der Waals surface area contributed by atoms with E-state index in [0.717, 1.165) is 24.1 Å². The maximum absolute atomic E-state index is 9.27. The Hall–Kier alpha value is -1.82. The molecule has 0 spiro atoms. The molecule has 1 atom stereocenters. The van der Waals surface area contributed by atoms with Crippen LogP contribution in [0.15, 0.2) is 36.7 Å². The van der Waals surface area contributed by atoms with Crippen molar-refractivity contribution in [2.24, 2.45) is 0 Å². The summed E-state index contributed by atoms with van der Waals surface area (Å²) in [6, 6.07) is 7.79. The van der Waals surface area contributed by atoms with E-state index in [1.165, 1.54) is 0 Å². The lowest BCUT2D eigenvalue weighted by atomic mass is 10.1. The first kappa shape index (κ1) is 18.5.